The third-order valence-corrected chi connectivity index (χ3v) is 4.63. The van der Waals surface area contributed by atoms with E-state index in [1.165, 1.54) is 11.8 Å². The number of morpholine rings is 1. The van der Waals surface area contributed by atoms with Crippen molar-refractivity contribution in [3.8, 4) is 11.4 Å². The van der Waals surface area contributed by atoms with Gasteiger partial charge in [-0.1, -0.05) is 11.8 Å². The second kappa shape index (κ2) is 6.53. The van der Waals surface area contributed by atoms with Crippen molar-refractivity contribution in [1.29, 1.82) is 0 Å². The zero-order chi connectivity index (χ0) is 15.5. The number of amides is 1. The van der Waals surface area contributed by atoms with Crippen LogP contribution >= 0.6 is 11.8 Å². The van der Waals surface area contributed by atoms with Gasteiger partial charge in [0.15, 0.2) is 11.0 Å². The number of thioether (sulfide) groups is 1. The summed E-state index contributed by atoms with van der Waals surface area (Å²) in [7, 11) is 1.89. The molecule has 7 nitrogen and oxygen atoms in total. The van der Waals surface area contributed by atoms with E-state index in [2.05, 4.69) is 10.2 Å². The van der Waals surface area contributed by atoms with Crippen LogP contribution in [0.15, 0.2) is 21.9 Å². The molecule has 0 spiro atoms. The fraction of sp³-hybridized carbons (Fsp3) is 0.500. The number of carbonyl (C=O) groups excluding carboxylic acids is 1. The Morgan fingerprint density at radius 3 is 2.82 bits per heavy atom. The number of ether oxygens (including phenoxy) is 1. The second-order valence-corrected chi connectivity index (χ2v) is 5.98. The van der Waals surface area contributed by atoms with E-state index in [0.29, 0.717) is 32.1 Å². The maximum Gasteiger partial charge on any atom is 0.233 e. The van der Waals surface area contributed by atoms with Crippen LogP contribution in [-0.4, -0.2) is 57.6 Å². The quantitative estimate of drug-likeness (QED) is 0.791. The van der Waals surface area contributed by atoms with Crippen LogP contribution in [0.25, 0.3) is 11.4 Å². The number of aryl methyl sites for hydroxylation is 1. The second-order valence-electron chi connectivity index (χ2n) is 5.04. The van der Waals surface area contributed by atoms with E-state index in [4.69, 9.17) is 9.15 Å². The summed E-state index contributed by atoms with van der Waals surface area (Å²) in [5, 5.41) is 9.09. The van der Waals surface area contributed by atoms with Gasteiger partial charge < -0.3 is 18.6 Å². The predicted octanol–water partition coefficient (Wildman–Crippen LogP) is 1.33. The number of carbonyl (C=O) groups is 1. The molecule has 0 unspecified atom stereocenters. The van der Waals surface area contributed by atoms with Crippen LogP contribution < -0.4 is 0 Å². The van der Waals surface area contributed by atoms with E-state index in [1.807, 2.05) is 29.5 Å². The average Bonchev–Trinajstić information content (AvgIpc) is 3.11. The maximum absolute atomic E-state index is 12.1. The first kappa shape index (κ1) is 15.1. The highest BCUT2D eigenvalue weighted by Gasteiger charge is 2.19. The molecule has 1 saturated heterocycles. The number of nitrogens with zero attached hydrogens (tertiary/aromatic N) is 4. The predicted molar refractivity (Wildman–Crippen MR) is 81.6 cm³/mol. The first-order valence-electron chi connectivity index (χ1n) is 7.09. The van der Waals surface area contributed by atoms with Crippen molar-refractivity contribution >= 4 is 17.7 Å². The van der Waals surface area contributed by atoms with Crippen LogP contribution in [0.2, 0.25) is 0 Å². The molecule has 0 atom stereocenters. The van der Waals surface area contributed by atoms with Gasteiger partial charge in [0.1, 0.15) is 5.76 Å². The first-order chi connectivity index (χ1) is 10.7. The van der Waals surface area contributed by atoms with Crippen LogP contribution in [-0.2, 0) is 16.6 Å². The highest BCUT2D eigenvalue weighted by molar-refractivity contribution is 7.99. The van der Waals surface area contributed by atoms with Gasteiger partial charge in [0.2, 0.25) is 5.91 Å². The molecule has 0 radical (unpaired) electrons. The zero-order valence-electron chi connectivity index (χ0n) is 12.6. The maximum atomic E-state index is 12.1. The summed E-state index contributed by atoms with van der Waals surface area (Å²) >= 11 is 1.40. The Balaban J connectivity index is 1.65. The molecule has 0 saturated carbocycles. The summed E-state index contributed by atoms with van der Waals surface area (Å²) in [6.45, 7) is 4.45. The van der Waals surface area contributed by atoms with Gasteiger partial charge in [-0.25, -0.2) is 0 Å². The number of furan rings is 1. The number of hydrogen-bond acceptors (Lipinski definition) is 6. The Kier molecular flexibility index (Phi) is 4.49. The molecule has 2 aromatic rings. The van der Waals surface area contributed by atoms with Crippen LogP contribution in [0, 0.1) is 6.92 Å². The van der Waals surface area contributed by atoms with Crippen LogP contribution in [0.1, 0.15) is 5.76 Å². The van der Waals surface area contributed by atoms with Crippen molar-refractivity contribution in [3.63, 3.8) is 0 Å². The lowest BCUT2D eigenvalue weighted by molar-refractivity contribution is -0.132. The topological polar surface area (TPSA) is 73.4 Å². The highest BCUT2D eigenvalue weighted by atomic mass is 32.2. The fourth-order valence-electron chi connectivity index (χ4n) is 2.32. The number of rotatable bonds is 4. The molecule has 0 aromatic carbocycles. The first-order valence-corrected chi connectivity index (χ1v) is 8.07. The van der Waals surface area contributed by atoms with Crippen LogP contribution in [0.4, 0.5) is 0 Å². The van der Waals surface area contributed by atoms with Gasteiger partial charge in [0.05, 0.1) is 30.8 Å². The standard InChI is InChI=1S/C14H18N4O3S/c1-10-11(3-6-21-10)13-15-16-14(17(13)2)22-9-12(19)18-4-7-20-8-5-18/h3,6H,4-5,7-9H2,1-2H3. The molecule has 8 heteroatoms. The summed E-state index contributed by atoms with van der Waals surface area (Å²) < 4.78 is 12.4. The molecule has 1 amide bonds. The van der Waals surface area contributed by atoms with Crippen LogP contribution in [0.5, 0.6) is 0 Å². The van der Waals surface area contributed by atoms with Crippen molar-refractivity contribution in [2.24, 2.45) is 7.05 Å². The Labute approximate surface area is 132 Å². The Morgan fingerprint density at radius 2 is 2.14 bits per heavy atom. The lowest BCUT2D eigenvalue weighted by Gasteiger charge is -2.26. The van der Waals surface area contributed by atoms with Gasteiger partial charge in [-0.05, 0) is 13.0 Å². The molecular formula is C14H18N4O3S. The van der Waals surface area contributed by atoms with Crippen LogP contribution in [0.3, 0.4) is 0 Å². The lowest BCUT2D eigenvalue weighted by Crippen LogP contribution is -2.41. The smallest absolute Gasteiger partial charge is 0.233 e. The molecule has 22 heavy (non-hydrogen) atoms. The molecule has 118 valence electrons. The van der Waals surface area contributed by atoms with Crippen molar-refractivity contribution in [3.05, 3.63) is 18.1 Å². The number of aromatic nitrogens is 3. The minimum absolute atomic E-state index is 0.109. The summed E-state index contributed by atoms with van der Waals surface area (Å²) in [5.74, 6) is 2.01. The summed E-state index contributed by atoms with van der Waals surface area (Å²) in [6.07, 6.45) is 1.63. The molecule has 1 aliphatic heterocycles. The van der Waals surface area contributed by atoms with Gasteiger partial charge >= 0.3 is 0 Å². The summed E-state index contributed by atoms with van der Waals surface area (Å²) in [5.41, 5.74) is 0.918. The minimum Gasteiger partial charge on any atom is -0.469 e. The van der Waals surface area contributed by atoms with Gasteiger partial charge in [-0.2, -0.15) is 0 Å². The normalized spacial score (nSPS) is 15.3. The van der Waals surface area contributed by atoms with Gasteiger partial charge in [-0.3, -0.25) is 4.79 Å². The molecular weight excluding hydrogens is 304 g/mol. The number of hydrogen-bond donors (Lipinski definition) is 0. The molecule has 0 aliphatic carbocycles. The zero-order valence-corrected chi connectivity index (χ0v) is 13.4. The third kappa shape index (κ3) is 3.02. The lowest BCUT2D eigenvalue weighted by atomic mass is 10.2. The van der Waals surface area contributed by atoms with Crippen molar-refractivity contribution in [2.75, 3.05) is 32.1 Å². The van der Waals surface area contributed by atoms with E-state index in [-0.39, 0.29) is 5.91 Å². The molecule has 2 aromatic heterocycles. The minimum atomic E-state index is 0.109. The highest BCUT2D eigenvalue weighted by Crippen LogP contribution is 2.25. The fourth-order valence-corrected chi connectivity index (χ4v) is 3.14. The summed E-state index contributed by atoms with van der Waals surface area (Å²) in [4.78, 5) is 14.0. The molecule has 3 heterocycles. The largest absolute Gasteiger partial charge is 0.469 e. The van der Waals surface area contributed by atoms with E-state index in [1.54, 1.807) is 6.26 Å². The Hall–Kier alpha value is -1.80. The van der Waals surface area contributed by atoms with E-state index in [0.717, 1.165) is 22.3 Å². The van der Waals surface area contributed by atoms with Gasteiger partial charge in [0.25, 0.3) is 0 Å². The van der Waals surface area contributed by atoms with E-state index >= 15 is 0 Å². The van der Waals surface area contributed by atoms with Gasteiger partial charge in [0, 0.05) is 20.1 Å². The molecule has 0 bridgehead atoms. The Bertz CT molecular complexity index is 661. The average molecular weight is 322 g/mol. The monoisotopic (exact) mass is 322 g/mol. The van der Waals surface area contributed by atoms with Crippen molar-refractivity contribution < 1.29 is 13.9 Å². The van der Waals surface area contributed by atoms with E-state index in [9.17, 15) is 4.79 Å². The third-order valence-electron chi connectivity index (χ3n) is 3.62. The van der Waals surface area contributed by atoms with Crippen molar-refractivity contribution in [1.82, 2.24) is 19.7 Å². The molecule has 1 aliphatic rings. The molecule has 3 rings (SSSR count). The summed E-state index contributed by atoms with van der Waals surface area (Å²) in [6, 6.07) is 1.87. The molecule has 1 fully saturated rings. The van der Waals surface area contributed by atoms with Gasteiger partial charge in [-0.15, -0.1) is 10.2 Å². The Morgan fingerprint density at radius 1 is 1.36 bits per heavy atom. The van der Waals surface area contributed by atoms with Crippen molar-refractivity contribution in [2.45, 2.75) is 12.1 Å². The van der Waals surface area contributed by atoms with E-state index < -0.39 is 0 Å². The SMILES string of the molecule is Cc1occc1-c1nnc(SCC(=O)N2CCOCC2)n1C. The molecule has 0 N–H and O–H groups in total.